The SMILES string of the molecule is CN=C(NCc1ccccn1)NCC1(N2CCOCC2)CCSC1.I. The fourth-order valence-electron chi connectivity index (χ4n) is 3.28. The molecule has 0 aliphatic carbocycles. The summed E-state index contributed by atoms with van der Waals surface area (Å²) in [6, 6.07) is 5.95. The second-order valence-electron chi connectivity index (χ2n) is 6.23. The van der Waals surface area contributed by atoms with Crippen molar-refractivity contribution in [2.75, 3.05) is 51.4 Å². The molecule has 140 valence electrons. The molecule has 2 N–H and O–H groups in total. The van der Waals surface area contributed by atoms with E-state index >= 15 is 0 Å². The summed E-state index contributed by atoms with van der Waals surface area (Å²) in [5, 5.41) is 6.89. The van der Waals surface area contributed by atoms with Crippen molar-refractivity contribution >= 4 is 41.7 Å². The van der Waals surface area contributed by atoms with E-state index in [1.165, 1.54) is 17.9 Å². The van der Waals surface area contributed by atoms with Crippen LogP contribution in [0.5, 0.6) is 0 Å². The Morgan fingerprint density at radius 1 is 1.36 bits per heavy atom. The topological polar surface area (TPSA) is 61.8 Å². The smallest absolute Gasteiger partial charge is 0.191 e. The molecule has 1 aromatic rings. The number of hydrogen-bond donors (Lipinski definition) is 2. The van der Waals surface area contributed by atoms with Crippen molar-refractivity contribution < 1.29 is 4.74 Å². The third-order valence-corrected chi connectivity index (χ3v) is 5.97. The summed E-state index contributed by atoms with van der Waals surface area (Å²) in [7, 11) is 1.82. The van der Waals surface area contributed by atoms with Crippen molar-refractivity contribution in [3.8, 4) is 0 Å². The lowest BCUT2D eigenvalue weighted by atomic mass is 9.95. The highest BCUT2D eigenvalue weighted by molar-refractivity contribution is 14.0. The molecule has 1 atom stereocenters. The molecular formula is C17H28IN5OS. The highest BCUT2D eigenvalue weighted by Gasteiger charge is 2.40. The molecule has 2 aliphatic rings. The second kappa shape index (κ2) is 10.5. The van der Waals surface area contributed by atoms with Crippen LogP contribution in [-0.4, -0.2) is 72.8 Å². The largest absolute Gasteiger partial charge is 0.379 e. The van der Waals surface area contributed by atoms with Gasteiger partial charge in [-0.15, -0.1) is 24.0 Å². The zero-order chi connectivity index (χ0) is 16.7. The van der Waals surface area contributed by atoms with E-state index in [0.29, 0.717) is 6.54 Å². The van der Waals surface area contributed by atoms with Gasteiger partial charge in [0.1, 0.15) is 0 Å². The molecule has 2 aliphatic heterocycles. The maximum absolute atomic E-state index is 5.53. The number of aromatic nitrogens is 1. The summed E-state index contributed by atoms with van der Waals surface area (Å²) >= 11 is 2.05. The summed E-state index contributed by atoms with van der Waals surface area (Å²) < 4.78 is 5.53. The third-order valence-electron chi connectivity index (χ3n) is 4.74. The molecule has 3 heterocycles. The van der Waals surface area contributed by atoms with Crippen molar-refractivity contribution in [3.63, 3.8) is 0 Å². The van der Waals surface area contributed by atoms with Crippen LogP contribution < -0.4 is 10.6 Å². The molecule has 3 rings (SSSR count). The van der Waals surface area contributed by atoms with E-state index in [-0.39, 0.29) is 29.5 Å². The first-order chi connectivity index (χ1) is 11.8. The standard InChI is InChI=1S/C17H27N5OS.HI/c1-18-16(20-12-15-4-2-3-6-19-15)21-13-17(5-11-24-14-17)22-7-9-23-10-8-22;/h2-4,6H,5,7-14H2,1H3,(H2,18,20,21);1H. The van der Waals surface area contributed by atoms with Crippen LogP contribution in [0.2, 0.25) is 0 Å². The second-order valence-corrected chi connectivity index (χ2v) is 7.33. The predicted octanol–water partition coefficient (Wildman–Crippen LogP) is 1.57. The molecule has 0 radical (unpaired) electrons. The van der Waals surface area contributed by atoms with E-state index < -0.39 is 0 Å². The summed E-state index contributed by atoms with van der Waals surface area (Å²) in [5.41, 5.74) is 1.23. The van der Waals surface area contributed by atoms with E-state index in [0.717, 1.165) is 44.5 Å². The fraction of sp³-hybridized carbons (Fsp3) is 0.647. The Balaban J connectivity index is 0.00000225. The molecule has 0 aromatic carbocycles. The van der Waals surface area contributed by atoms with Gasteiger partial charge < -0.3 is 15.4 Å². The molecule has 0 bridgehead atoms. The number of aliphatic imine (C=N–C) groups is 1. The van der Waals surface area contributed by atoms with Crippen LogP contribution in [0, 0.1) is 0 Å². The van der Waals surface area contributed by atoms with Gasteiger partial charge in [0.2, 0.25) is 0 Å². The van der Waals surface area contributed by atoms with Crippen molar-refractivity contribution in [1.82, 2.24) is 20.5 Å². The summed E-state index contributed by atoms with van der Waals surface area (Å²) in [4.78, 5) is 11.3. The fourth-order valence-corrected chi connectivity index (χ4v) is 4.76. The number of guanidine groups is 1. The van der Waals surface area contributed by atoms with Gasteiger partial charge in [0.25, 0.3) is 0 Å². The van der Waals surface area contributed by atoms with Crippen LogP contribution in [-0.2, 0) is 11.3 Å². The number of rotatable bonds is 5. The molecule has 0 saturated carbocycles. The maximum atomic E-state index is 5.53. The van der Waals surface area contributed by atoms with Gasteiger partial charge in [-0.2, -0.15) is 11.8 Å². The zero-order valence-electron chi connectivity index (χ0n) is 14.7. The van der Waals surface area contributed by atoms with Crippen molar-refractivity contribution in [2.45, 2.75) is 18.5 Å². The molecular weight excluding hydrogens is 449 g/mol. The minimum Gasteiger partial charge on any atom is -0.379 e. The molecule has 6 nitrogen and oxygen atoms in total. The van der Waals surface area contributed by atoms with Gasteiger partial charge in [0.15, 0.2) is 5.96 Å². The third kappa shape index (κ3) is 5.70. The number of morpholine rings is 1. The van der Waals surface area contributed by atoms with Gasteiger partial charge in [-0.05, 0) is 24.3 Å². The molecule has 8 heteroatoms. The number of halogens is 1. The molecule has 2 saturated heterocycles. The minimum atomic E-state index is 0. The van der Waals surface area contributed by atoms with Gasteiger partial charge in [-0.25, -0.2) is 0 Å². The normalized spacial score (nSPS) is 24.6. The average molecular weight is 477 g/mol. The number of thioether (sulfide) groups is 1. The summed E-state index contributed by atoms with van der Waals surface area (Å²) in [6.45, 7) is 5.35. The first kappa shape index (κ1) is 20.7. The van der Waals surface area contributed by atoms with Crippen LogP contribution in [0.1, 0.15) is 12.1 Å². The van der Waals surface area contributed by atoms with Gasteiger partial charge >= 0.3 is 0 Å². The molecule has 0 amide bonds. The maximum Gasteiger partial charge on any atom is 0.191 e. The average Bonchev–Trinajstić information content (AvgIpc) is 3.14. The van der Waals surface area contributed by atoms with Crippen molar-refractivity contribution in [1.29, 1.82) is 0 Å². The van der Waals surface area contributed by atoms with Crippen LogP contribution in [0.4, 0.5) is 0 Å². The highest BCUT2D eigenvalue weighted by atomic mass is 127. The Labute approximate surface area is 171 Å². The van der Waals surface area contributed by atoms with E-state index in [4.69, 9.17) is 4.74 Å². The quantitative estimate of drug-likeness (QED) is 0.382. The summed E-state index contributed by atoms with van der Waals surface area (Å²) in [6.07, 6.45) is 3.04. The van der Waals surface area contributed by atoms with Crippen molar-refractivity contribution in [2.24, 2.45) is 4.99 Å². The van der Waals surface area contributed by atoms with E-state index in [1.807, 2.05) is 31.4 Å². The van der Waals surface area contributed by atoms with E-state index in [9.17, 15) is 0 Å². The lowest BCUT2D eigenvalue weighted by Crippen LogP contribution is -2.60. The Kier molecular flexibility index (Phi) is 8.74. The lowest BCUT2D eigenvalue weighted by Gasteiger charge is -2.43. The number of nitrogens with one attached hydrogen (secondary N) is 2. The highest BCUT2D eigenvalue weighted by Crippen LogP contribution is 2.33. The number of ether oxygens (including phenoxy) is 1. The van der Waals surface area contributed by atoms with E-state index in [1.54, 1.807) is 0 Å². The molecule has 0 spiro atoms. The Morgan fingerprint density at radius 2 is 2.20 bits per heavy atom. The predicted molar refractivity (Wildman–Crippen MR) is 115 cm³/mol. The van der Waals surface area contributed by atoms with Gasteiger partial charge in [0, 0.05) is 44.2 Å². The number of pyridine rings is 1. The lowest BCUT2D eigenvalue weighted by molar-refractivity contribution is -0.0120. The Hall–Kier alpha value is -0.580. The van der Waals surface area contributed by atoms with Crippen LogP contribution in [0.25, 0.3) is 0 Å². The Bertz CT molecular complexity index is 533. The first-order valence-electron chi connectivity index (χ1n) is 8.57. The van der Waals surface area contributed by atoms with E-state index in [2.05, 4.69) is 37.3 Å². The van der Waals surface area contributed by atoms with Crippen LogP contribution in [0.15, 0.2) is 29.4 Å². The monoisotopic (exact) mass is 477 g/mol. The molecule has 25 heavy (non-hydrogen) atoms. The minimum absolute atomic E-state index is 0. The van der Waals surface area contributed by atoms with Gasteiger partial charge in [-0.3, -0.25) is 14.9 Å². The molecule has 1 unspecified atom stereocenters. The Morgan fingerprint density at radius 3 is 2.84 bits per heavy atom. The van der Waals surface area contributed by atoms with Gasteiger partial charge in [0.05, 0.1) is 25.5 Å². The summed E-state index contributed by atoms with van der Waals surface area (Å²) in [5.74, 6) is 3.25. The molecule has 1 aromatic heterocycles. The molecule has 2 fully saturated rings. The van der Waals surface area contributed by atoms with Crippen molar-refractivity contribution in [3.05, 3.63) is 30.1 Å². The number of nitrogens with zero attached hydrogens (tertiary/aromatic N) is 3. The van der Waals surface area contributed by atoms with Crippen LogP contribution in [0.3, 0.4) is 0 Å². The zero-order valence-corrected chi connectivity index (χ0v) is 17.9. The number of hydrogen-bond acceptors (Lipinski definition) is 5. The van der Waals surface area contributed by atoms with Crippen LogP contribution >= 0.6 is 35.7 Å². The van der Waals surface area contributed by atoms with Gasteiger partial charge in [-0.1, -0.05) is 6.07 Å². The first-order valence-corrected chi connectivity index (χ1v) is 9.73.